The molecule has 2 aliphatic carbocycles. The second kappa shape index (κ2) is 11.2. The number of nitrogens with zero attached hydrogens (tertiary/aromatic N) is 4. The highest BCUT2D eigenvalue weighted by atomic mass is 16.3. The second-order valence-electron chi connectivity index (χ2n) is 15.2. The number of aromatic nitrogens is 4. The molecule has 0 bridgehead atoms. The van der Waals surface area contributed by atoms with E-state index in [2.05, 4.69) is 140 Å². The van der Waals surface area contributed by atoms with Crippen molar-refractivity contribution in [2.75, 3.05) is 0 Å². The summed E-state index contributed by atoms with van der Waals surface area (Å²) in [5.74, 6) is 0.644. The molecule has 0 N–H and O–H groups in total. The Balaban J connectivity index is 0.958. The summed E-state index contributed by atoms with van der Waals surface area (Å²) in [6, 6.07) is 65.0. The number of para-hydroxylation sites is 3. The number of rotatable bonds is 3. The standard InChI is InChI=1S/C52H30N4O/c1-5-18-41-35(14-1)36-15-2-6-19-42(36)52(41)43-20-7-3-16-37(43)40-29-32(25-27-44(40)52)31-12-11-13-34(28-31)50-54-51-49(53-45-21-8-9-22-46(45)56(51)55-50)33-24-26-39-38-17-4-10-23-47(38)57-48(39)30-33/h1-30H. The van der Waals surface area contributed by atoms with E-state index in [9.17, 15) is 0 Å². The minimum absolute atomic E-state index is 0.358. The van der Waals surface area contributed by atoms with Crippen LogP contribution in [0, 0.1) is 0 Å². The van der Waals surface area contributed by atoms with Crippen LogP contribution < -0.4 is 0 Å². The third kappa shape index (κ3) is 4.09. The van der Waals surface area contributed by atoms with Crippen LogP contribution in [0.1, 0.15) is 22.3 Å². The molecule has 5 nitrogen and oxygen atoms in total. The van der Waals surface area contributed by atoms with Crippen LogP contribution in [-0.4, -0.2) is 19.6 Å². The van der Waals surface area contributed by atoms with Crippen LogP contribution in [0.5, 0.6) is 0 Å². The van der Waals surface area contributed by atoms with Crippen molar-refractivity contribution in [1.82, 2.24) is 19.6 Å². The highest BCUT2D eigenvalue weighted by molar-refractivity contribution is 6.06. The van der Waals surface area contributed by atoms with Gasteiger partial charge in [-0.15, -0.1) is 5.10 Å². The first-order valence-corrected chi connectivity index (χ1v) is 19.4. The van der Waals surface area contributed by atoms with Crippen molar-refractivity contribution in [3.05, 3.63) is 204 Å². The lowest BCUT2D eigenvalue weighted by molar-refractivity contribution is 0.669. The topological polar surface area (TPSA) is 56.2 Å². The molecule has 0 fully saturated rings. The fraction of sp³-hybridized carbons (Fsp3) is 0.0192. The van der Waals surface area contributed by atoms with Gasteiger partial charge >= 0.3 is 0 Å². The summed E-state index contributed by atoms with van der Waals surface area (Å²) in [5, 5.41) is 7.33. The summed E-state index contributed by atoms with van der Waals surface area (Å²) in [4.78, 5) is 10.4. The van der Waals surface area contributed by atoms with Gasteiger partial charge in [-0.1, -0.05) is 140 Å². The molecule has 57 heavy (non-hydrogen) atoms. The predicted octanol–water partition coefficient (Wildman–Crippen LogP) is 12.5. The molecule has 8 aromatic carbocycles. The van der Waals surface area contributed by atoms with E-state index in [1.807, 2.05) is 47.0 Å². The Morgan fingerprint density at radius 2 is 1.04 bits per heavy atom. The summed E-state index contributed by atoms with van der Waals surface area (Å²) in [6.07, 6.45) is 0. The first-order valence-electron chi connectivity index (χ1n) is 19.4. The van der Waals surface area contributed by atoms with Gasteiger partial charge in [-0.25, -0.2) is 14.5 Å². The van der Waals surface area contributed by atoms with Crippen LogP contribution in [0.25, 0.3) is 94.6 Å². The zero-order chi connectivity index (χ0) is 37.2. The van der Waals surface area contributed by atoms with E-state index in [1.165, 1.54) is 44.5 Å². The third-order valence-corrected chi connectivity index (χ3v) is 12.3. The molecule has 0 saturated carbocycles. The molecule has 2 aliphatic rings. The minimum Gasteiger partial charge on any atom is -0.456 e. The molecule has 1 spiro atoms. The molecule has 0 amide bonds. The smallest absolute Gasteiger partial charge is 0.182 e. The van der Waals surface area contributed by atoms with Crippen LogP contribution in [0.4, 0.5) is 0 Å². The molecule has 264 valence electrons. The van der Waals surface area contributed by atoms with Gasteiger partial charge in [-0.2, -0.15) is 0 Å². The lowest BCUT2D eigenvalue weighted by Gasteiger charge is -2.30. The highest BCUT2D eigenvalue weighted by Crippen LogP contribution is 2.63. The lowest BCUT2D eigenvalue weighted by Crippen LogP contribution is -2.25. The molecule has 5 heteroatoms. The fourth-order valence-electron chi connectivity index (χ4n) is 9.85. The SMILES string of the molecule is c1cc(-c2ccc3c(c2)-c2ccccc2C32c3ccccc3-c3ccccc32)cc(-c2nc3c(-c4ccc5c(c4)oc4ccccc45)nc4ccccc4n3n2)c1. The molecule has 0 saturated heterocycles. The Morgan fingerprint density at radius 3 is 1.84 bits per heavy atom. The number of fused-ring (bicyclic) bond motifs is 16. The molecule has 0 atom stereocenters. The van der Waals surface area contributed by atoms with Crippen molar-refractivity contribution >= 4 is 38.6 Å². The maximum atomic E-state index is 6.28. The quantitative estimate of drug-likeness (QED) is 0.182. The van der Waals surface area contributed by atoms with E-state index >= 15 is 0 Å². The predicted molar refractivity (Wildman–Crippen MR) is 228 cm³/mol. The van der Waals surface area contributed by atoms with Crippen LogP contribution in [0.3, 0.4) is 0 Å². The van der Waals surface area contributed by atoms with Crippen molar-refractivity contribution in [3.63, 3.8) is 0 Å². The lowest BCUT2D eigenvalue weighted by atomic mass is 9.70. The van der Waals surface area contributed by atoms with Crippen molar-refractivity contribution in [2.24, 2.45) is 0 Å². The van der Waals surface area contributed by atoms with Crippen LogP contribution >= 0.6 is 0 Å². The maximum Gasteiger partial charge on any atom is 0.182 e. The summed E-state index contributed by atoms with van der Waals surface area (Å²) >= 11 is 0. The average molecular weight is 727 g/mol. The van der Waals surface area contributed by atoms with E-state index in [0.29, 0.717) is 11.5 Å². The number of hydrogen-bond acceptors (Lipinski definition) is 4. The Kier molecular flexibility index (Phi) is 6.04. The van der Waals surface area contributed by atoms with E-state index in [4.69, 9.17) is 19.5 Å². The van der Waals surface area contributed by atoms with E-state index < -0.39 is 0 Å². The molecule has 13 rings (SSSR count). The molecule has 0 aliphatic heterocycles. The molecule has 0 unspecified atom stereocenters. The van der Waals surface area contributed by atoms with E-state index in [-0.39, 0.29) is 5.41 Å². The summed E-state index contributed by atoms with van der Waals surface area (Å²) in [5.41, 5.74) is 19.2. The van der Waals surface area contributed by atoms with Crippen molar-refractivity contribution < 1.29 is 4.42 Å². The van der Waals surface area contributed by atoms with Gasteiger partial charge in [-0.05, 0) is 98.1 Å². The Bertz CT molecular complexity index is 3450. The Labute approximate surface area is 327 Å². The number of hydrogen-bond donors (Lipinski definition) is 0. The van der Waals surface area contributed by atoms with Crippen LogP contribution in [-0.2, 0) is 5.41 Å². The van der Waals surface area contributed by atoms with Gasteiger partial charge in [0.15, 0.2) is 11.5 Å². The first kappa shape index (κ1) is 30.7. The van der Waals surface area contributed by atoms with Crippen molar-refractivity contribution in [3.8, 4) is 56.0 Å². The first-order chi connectivity index (χ1) is 28.2. The van der Waals surface area contributed by atoms with E-state index in [1.54, 1.807) is 0 Å². The maximum absolute atomic E-state index is 6.28. The summed E-state index contributed by atoms with van der Waals surface area (Å²) < 4.78 is 8.21. The molecule has 3 heterocycles. The number of benzene rings is 8. The second-order valence-corrected chi connectivity index (χ2v) is 15.2. The average Bonchev–Trinajstić information content (AvgIpc) is 4.03. The van der Waals surface area contributed by atoms with Gasteiger partial charge in [0.1, 0.15) is 16.9 Å². The molecule has 11 aromatic rings. The van der Waals surface area contributed by atoms with Crippen molar-refractivity contribution in [2.45, 2.75) is 5.41 Å². The van der Waals surface area contributed by atoms with Crippen LogP contribution in [0.15, 0.2) is 186 Å². The van der Waals surface area contributed by atoms with Gasteiger partial charge < -0.3 is 4.42 Å². The molecule has 3 aromatic heterocycles. The Hall–Kier alpha value is -7.63. The minimum atomic E-state index is -0.358. The molecular formula is C52H30N4O. The third-order valence-electron chi connectivity index (χ3n) is 12.3. The Morgan fingerprint density at radius 1 is 0.421 bits per heavy atom. The zero-order valence-electron chi connectivity index (χ0n) is 30.5. The zero-order valence-corrected chi connectivity index (χ0v) is 30.5. The largest absolute Gasteiger partial charge is 0.456 e. The highest BCUT2D eigenvalue weighted by Gasteiger charge is 2.51. The monoisotopic (exact) mass is 726 g/mol. The number of furan rings is 1. The van der Waals surface area contributed by atoms with Gasteiger partial charge in [-0.3, -0.25) is 0 Å². The van der Waals surface area contributed by atoms with Gasteiger partial charge in [0.05, 0.1) is 16.4 Å². The molecular weight excluding hydrogens is 697 g/mol. The van der Waals surface area contributed by atoms with Crippen LogP contribution in [0.2, 0.25) is 0 Å². The van der Waals surface area contributed by atoms with Gasteiger partial charge in [0, 0.05) is 21.9 Å². The van der Waals surface area contributed by atoms with Gasteiger partial charge in [0.25, 0.3) is 0 Å². The van der Waals surface area contributed by atoms with Gasteiger partial charge in [0.2, 0.25) is 0 Å². The normalized spacial score (nSPS) is 13.4. The summed E-state index contributed by atoms with van der Waals surface area (Å²) in [6.45, 7) is 0. The van der Waals surface area contributed by atoms with E-state index in [0.717, 1.165) is 60.9 Å². The fourth-order valence-corrected chi connectivity index (χ4v) is 9.85. The molecule has 0 radical (unpaired) electrons. The van der Waals surface area contributed by atoms with Crippen molar-refractivity contribution in [1.29, 1.82) is 0 Å². The summed E-state index contributed by atoms with van der Waals surface area (Å²) in [7, 11) is 0.